The zero-order chi connectivity index (χ0) is 19.7. The number of amides is 2. The Balaban J connectivity index is 1.82. The van der Waals surface area contributed by atoms with Crippen LogP contribution >= 0.6 is 0 Å². The molecular formula is C19H27N3O4S. The van der Waals surface area contributed by atoms with Crippen LogP contribution in [0.2, 0.25) is 0 Å². The molecule has 1 aliphatic carbocycles. The first kappa shape index (κ1) is 21.1. The lowest BCUT2D eigenvalue weighted by Gasteiger charge is -2.22. The Bertz CT molecular complexity index is 754. The second kappa shape index (κ2) is 10.2. The van der Waals surface area contributed by atoms with Crippen molar-refractivity contribution in [1.29, 1.82) is 0 Å². The molecule has 3 N–H and O–H groups in total. The second-order valence-corrected chi connectivity index (χ2v) is 8.32. The van der Waals surface area contributed by atoms with Gasteiger partial charge in [0, 0.05) is 19.1 Å². The van der Waals surface area contributed by atoms with Crippen LogP contribution in [-0.4, -0.2) is 39.4 Å². The van der Waals surface area contributed by atoms with Crippen molar-refractivity contribution in [3.05, 3.63) is 42.5 Å². The van der Waals surface area contributed by atoms with E-state index in [1.165, 1.54) is 12.5 Å². The molecule has 1 aromatic rings. The molecule has 1 aromatic carbocycles. The van der Waals surface area contributed by atoms with E-state index in [4.69, 9.17) is 0 Å². The Morgan fingerprint density at radius 2 is 1.67 bits per heavy atom. The minimum atomic E-state index is -3.51. The molecule has 0 aliphatic heterocycles. The van der Waals surface area contributed by atoms with Crippen LogP contribution < -0.4 is 15.4 Å². The van der Waals surface area contributed by atoms with Gasteiger partial charge < -0.3 is 10.6 Å². The molecule has 1 saturated carbocycles. The molecule has 0 saturated heterocycles. The Labute approximate surface area is 160 Å². The Morgan fingerprint density at radius 3 is 2.30 bits per heavy atom. The van der Waals surface area contributed by atoms with E-state index in [2.05, 4.69) is 21.9 Å². The van der Waals surface area contributed by atoms with Gasteiger partial charge in [0.2, 0.25) is 10.0 Å². The first-order valence-electron chi connectivity index (χ1n) is 9.20. The van der Waals surface area contributed by atoms with Gasteiger partial charge in [-0.3, -0.25) is 9.59 Å². The zero-order valence-corrected chi connectivity index (χ0v) is 16.2. The van der Waals surface area contributed by atoms with E-state index < -0.39 is 21.8 Å². The highest BCUT2D eigenvalue weighted by molar-refractivity contribution is 7.89. The monoisotopic (exact) mass is 393 g/mol. The van der Waals surface area contributed by atoms with Crippen LogP contribution in [0.15, 0.2) is 41.8 Å². The molecule has 7 nitrogen and oxygen atoms in total. The molecule has 0 unspecified atom stereocenters. The van der Waals surface area contributed by atoms with E-state index in [0.717, 1.165) is 31.2 Å². The molecular weight excluding hydrogens is 366 g/mol. The third-order valence-electron chi connectivity index (χ3n) is 4.47. The topological polar surface area (TPSA) is 104 Å². The Morgan fingerprint density at radius 1 is 1.04 bits per heavy atom. The molecule has 0 atom stereocenters. The summed E-state index contributed by atoms with van der Waals surface area (Å²) in [5.41, 5.74) is 0.874. The van der Waals surface area contributed by atoms with Crippen LogP contribution in [-0.2, 0) is 26.0 Å². The van der Waals surface area contributed by atoms with Gasteiger partial charge in [-0.1, -0.05) is 37.5 Å². The lowest BCUT2D eigenvalue weighted by Crippen LogP contribution is -2.40. The standard InChI is InChI=1S/C19H27N3O4S/c1-2-13-20-18(23)19(24)21-14-12-15-8-10-17(11-9-15)27(25,26)22-16-6-4-3-5-7-16/h2,8-11,16,22H,1,3-7,12-14H2,(H,20,23)(H,21,24). The van der Waals surface area contributed by atoms with Crippen molar-refractivity contribution < 1.29 is 18.0 Å². The quantitative estimate of drug-likeness (QED) is 0.457. The normalized spacial score (nSPS) is 15.1. The van der Waals surface area contributed by atoms with Gasteiger partial charge in [-0.05, 0) is 37.0 Å². The zero-order valence-electron chi connectivity index (χ0n) is 15.4. The van der Waals surface area contributed by atoms with Gasteiger partial charge in [-0.2, -0.15) is 0 Å². The summed E-state index contributed by atoms with van der Waals surface area (Å²) >= 11 is 0. The second-order valence-electron chi connectivity index (χ2n) is 6.60. The van der Waals surface area contributed by atoms with E-state index in [1.807, 2.05) is 0 Å². The fourth-order valence-corrected chi connectivity index (χ4v) is 4.29. The number of benzene rings is 1. The van der Waals surface area contributed by atoms with Crippen LogP contribution in [0, 0.1) is 0 Å². The van der Waals surface area contributed by atoms with Crippen molar-refractivity contribution in [2.24, 2.45) is 0 Å². The third kappa shape index (κ3) is 6.80. The van der Waals surface area contributed by atoms with Crippen molar-refractivity contribution in [3.8, 4) is 0 Å². The Hall–Kier alpha value is -2.19. The van der Waals surface area contributed by atoms with E-state index in [0.29, 0.717) is 6.42 Å². The molecule has 2 amide bonds. The highest BCUT2D eigenvalue weighted by Crippen LogP contribution is 2.20. The number of carbonyl (C=O) groups is 2. The first-order valence-corrected chi connectivity index (χ1v) is 10.7. The van der Waals surface area contributed by atoms with E-state index >= 15 is 0 Å². The predicted octanol–water partition coefficient (Wildman–Crippen LogP) is 1.26. The minimum absolute atomic E-state index is 0.0193. The summed E-state index contributed by atoms with van der Waals surface area (Å²) in [5, 5.41) is 4.92. The van der Waals surface area contributed by atoms with E-state index in [-0.39, 0.29) is 24.0 Å². The van der Waals surface area contributed by atoms with Crippen molar-refractivity contribution in [2.45, 2.75) is 49.5 Å². The smallest absolute Gasteiger partial charge is 0.309 e. The molecule has 27 heavy (non-hydrogen) atoms. The summed E-state index contributed by atoms with van der Waals surface area (Å²) < 4.78 is 27.7. The molecule has 148 valence electrons. The lowest BCUT2D eigenvalue weighted by atomic mass is 9.96. The summed E-state index contributed by atoms with van der Waals surface area (Å²) in [5.74, 6) is -1.40. The molecule has 8 heteroatoms. The molecule has 2 rings (SSSR count). The number of carbonyl (C=O) groups excluding carboxylic acids is 2. The molecule has 1 fully saturated rings. The highest BCUT2D eigenvalue weighted by Gasteiger charge is 2.21. The maximum absolute atomic E-state index is 12.5. The van der Waals surface area contributed by atoms with Gasteiger partial charge in [-0.25, -0.2) is 13.1 Å². The van der Waals surface area contributed by atoms with Crippen LogP contribution in [0.3, 0.4) is 0 Å². The molecule has 1 aliphatic rings. The van der Waals surface area contributed by atoms with Crippen molar-refractivity contribution >= 4 is 21.8 Å². The van der Waals surface area contributed by atoms with Crippen LogP contribution in [0.4, 0.5) is 0 Å². The summed E-state index contributed by atoms with van der Waals surface area (Å²) in [4.78, 5) is 23.2. The first-order chi connectivity index (χ1) is 12.9. The summed E-state index contributed by atoms with van der Waals surface area (Å²) in [6.45, 7) is 3.97. The summed E-state index contributed by atoms with van der Waals surface area (Å²) in [6, 6.07) is 6.60. The largest absolute Gasteiger partial charge is 0.348 e. The number of hydrogen-bond acceptors (Lipinski definition) is 4. The average molecular weight is 394 g/mol. The maximum Gasteiger partial charge on any atom is 0.309 e. The van der Waals surface area contributed by atoms with E-state index in [9.17, 15) is 18.0 Å². The SMILES string of the molecule is C=CCNC(=O)C(=O)NCCc1ccc(S(=O)(=O)NC2CCCCC2)cc1. The Kier molecular flexibility index (Phi) is 7.99. The number of rotatable bonds is 8. The van der Waals surface area contributed by atoms with Crippen LogP contribution in [0.25, 0.3) is 0 Å². The fraction of sp³-hybridized carbons (Fsp3) is 0.474. The molecule has 0 radical (unpaired) electrons. The molecule has 0 aromatic heterocycles. The van der Waals surface area contributed by atoms with Crippen molar-refractivity contribution in [2.75, 3.05) is 13.1 Å². The maximum atomic E-state index is 12.5. The predicted molar refractivity (Wildman–Crippen MR) is 104 cm³/mol. The molecule has 0 heterocycles. The average Bonchev–Trinajstić information content (AvgIpc) is 2.67. The van der Waals surface area contributed by atoms with Crippen LogP contribution in [0.1, 0.15) is 37.7 Å². The van der Waals surface area contributed by atoms with Gasteiger partial charge in [-0.15, -0.1) is 6.58 Å². The van der Waals surface area contributed by atoms with Gasteiger partial charge in [0.1, 0.15) is 0 Å². The van der Waals surface area contributed by atoms with Gasteiger partial charge in [0.15, 0.2) is 0 Å². The van der Waals surface area contributed by atoms with Crippen LogP contribution in [0.5, 0.6) is 0 Å². The van der Waals surface area contributed by atoms with Gasteiger partial charge in [0.25, 0.3) is 0 Å². The molecule has 0 bridgehead atoms. The minimum Gasteiger partial charge on any atom is -0.348 e. The number of hydrogen-bond donors (Lipinski definition) is 3. The van der Waals surface area contributed by atoms with Gasteiger partial charge >= 0.3 is 11.8 Å². The molecule has 0 spiro atoms. The van der Waals surface area contributed by atoms with Crippen molar-refractivity contribution in [1.82, 2.24) is 15.4 Å². The highest BCUT2D eigenvalue weighted by atomic mass is 32.2. The fourth-order valence-electron chi connectivity index (χ4n) is 2.99. The van der Waals surface area contributed by atoms with E-state index in [1.54, 1.807) is 24.3 Å². The summed E-state index contributed by atoms with van der Waals surface area (Å²) in [7, 11) is -3.51. The number of sulfonamides is 1. The van der Waals surface area contributed by atoms with Crippen molar-refractivity contribution in [3.63, 3.8) is 0 Å². The third-order valence-corrected chi connectivity index (χ3v) is 6.01. The number of nitrogens with one attached hydrogen (secondary N) is 3. The summed E-state index contributed by atoms with van der Waals surface area (Å²) in [6.07, 6.45) is 7.04. The van der Waals surface area contributed by atoms with Gasteiger partial charge in [0.05, 0.1) is 4.90 Å². The lowest BCUT2D eigenvalue weighted by molar-refractivity contribution is -0.139.